The third-order valence-electron chi connectivity index (χ3n) is 3.83. The molecule has 0 spiro atoms. The zero-order valence-corrected chi connectivity index (χ0v) is 11.9. The second kappa shape index (κ2) is 7.19. The maximum atomic E-state index is 11.4. The van der Waals surface area contributed by atoms with Gasteiger partial charge < -0.3 is 15.6 Å². The molecule has 6 heteroatoms. The summed E-state index contributed by atoms with van der Waals surface area (Å²) in [5.41, 5.74) is 10.5. The van der Waals surface area contributed by atoms with Crippen molar-refractivity contribution in [2.45, 2.75) is 37.8 Å². The van der Waals surface area contributed by atoms with Crippen LogP contribution in [-0.2, 0) is 16.0 Å². The van der Waals surface area contributed by atoms with Crippen LogP contribution in [0.25, 0.3) is 0 Å². The van der Waals surface area contributed by atoms with Gasteiger partial charge in [-0.25, -0.2) is 10.4 Å². The summed E-state index contributed by atoms with van der Waals surface area (Å²) in [5, 5.41) is 11.1. The topological polar surface area (TPSA) is 95.7 Å². The highest BCUT2D eigenvalue weighted by Crippen LogP contribution is 2.16. The number of benzene rings is 1. The highest BCUT2D eigenvalue weighted by Gasteiger charge is 2.28. The maximum absolute atomic E-state index is 11.4. The molecule has 1 aromatic carbocycles. The number of anilines is 1. The molecule has 1 aliphatic heterocycles. The molecule has 2 rings (SSSR count). The number of aliphatic carboxylic acids is 1. The molecule has 0 aliphatic carbocycles. The van der Waals surface area contributed by atoms with E-state index in [1.165, 1.54) is 0 Å². The monoisotopic (exact) mass is 291 g/mol. The van der Waals surface area contributed by atoms with E-state index in [9.17, 15) is 14.7 Å². The fourth-order valence-corrected chi connectivity index (χ4v) is 2.60. The number of hydrogen-bond acceptors (Lipinski definition) is 5. The molecule has 0 bridgehead atoms. The molecule has 114 valence electrons. The van der Waals surface area contributed by atoms with Crippen molar-refractivity contribution in [3.05, 3.63) is 29.8 Å². The lowest BCUT2D eigenvalue weighted by molar-refractivity contribution is -0.141. The summed E-state index contributed by atoms with van der Waals surface area (Å²) >= 11 is 0. The normalized spacial score (nSPS) is 20.3. The Morgan fingerprint density at radius 2 is 2.29 bits per heavy atom. The first-order valence-corrected chi connectivity index (χ1v) is 7.16. The molecule has 0 saturated carbocycles. The number of carbonyl (C=O) groups is 2. The lowest BCUT2D eigenvalue weighted by Crippen LogP contribution is -2.51. The molecule has 1 aliphatic rings. The van der Waals surface area contributed by atoms with Crippen molar-refractivity contribution < 1.29 is 14.7 Å². The van der Waals surface area contributed by atoms with E-state index in [2.05, 4.69) is 5.43 Å². The van der Waals surface area contributed by atoms with Gasteiger partial charge in [-0.1, -0.05) is 18.2 Å². The summed E-state index contributed by atoms with van der Waals surface area (Å²) in [5.74, 6) is -0.916. The molecule has 1 fully saturated rings. The van der Waals surface area contributed by atoms with Gasteiger partial charge in [0.15, 0.2) is 0 Å². The van der Waals surface area contributed by atoms with Gasteiger partial charge in [0.2, 0.25) is 0 Å². The van der Waals surface area contributed by atoms with Crippen molar-refractivity contribution in [1.82, 2.24) is 10.4 Å². The second-order valence-corrected chi connectivity index (χ2v) is 5.30. The minimum absolute atomic E-state index is 0.228. The van der Waals surface area contributed by atoms with Crippen molar-refractivity contribution in [3.8, 4) is 0 Å². The number of hydrazine groups is 1. The quantitative estimate of drug-likeness (QED) is 0.508. The summed E-state index contributed by atoms with van der Waals surface area (Å²) in [6.07, 6.45) is 3.54. The van der Waals surface area contributed by atoms with Crippen LogP contribution >= 0.6 is 0 Å². The molecule has 1 saturated heterocycles. The average Bonchev–Trinajstić information content (AvgIpc) is 2.91. The molecular formula is C15H21N3O3. The zero-order valence-electron chi connectivity index (χ0n) is 11.9. The first kappa shape index (κ1) is 15.5. The summed E-state index contributed by atoms with van der Waals surface area (Å²) in [4.78, 5) is 22.3. The molecule has 0 amide bonds. The van der Waals surface area contributed by atoms with E-state index in [0.717, 1.165) is 24.7 Å². The number of nitrogens with zero attached hydrogens (tertiary/aromatic N) is 1. The number of rotatable bonds is 7. The molecule has 0 radical (unpaired) electrons. The Morgan fingerprint density at radius 3 is 2.95 bits per heavy atom. The molecular weight excluding hydrogens is 270 g/mol. The minimum atomic E-state index is -0.916. The number of carboxylic acids is 1. The van der Waals surface area contributed by atoms with Gasteiger partial charge in [0.25, 0.3) is 0 Å². The van der Waals surface area contributed by atoms with E-state index in [0.29, 0.717) is 25.1 Å². The lowest BCUT2D eigenvalue weighted by atomic mass is 10.0. The standard InChI is InChI=1S/C15H21N3O3/c16-13-6-2-1-4-11(13)7-8-14(15(20)21)17-18-9-3-5-12(18)10-19/h1-2,4,6,10,12,14,17H,3,5,7-9,16H2,(H,20,21)/t12-,14+/m0/s1. The zero-order chi connectivity index (χ0) is 15.2. The van der Waals surface area contributed by atoms with Crippen molar-refractivity contribution in [1.29, 1.82) is 0 Å². The maximum Gasteiger partial charge on any atom is 0.322 e. The van der Waals surface area contributed by atoms with Gasteiger partial charge in [-0.05, 0) is 37.3 Å². The van der Waals surface area contributed by atoms with Crippen molar-refractivity contribution in [3.63, 3.8) is 0 Å². The first-order chi connectivity index (χ1) is 10.1. The number of carboxylic acid groups (broad SMARTS) is 1. The smallest absolute Gasteiger partial charge is 0.322 e. The highest BCUT2D eigenvalue weighted by molar-refractivity contribution is 5.73. The van der Waals surface area contributed by atoms with E-state index in [-0.39, 0.29) is 6.04 Å². The van der Waals surface area contributed by atoms with Crippen LogP contribution in [0.15, 0.2) is 24.3 Å². The van der Waals surface area contributed by atoms with E-state index in [1.54, 1.807) is 11.1 Å². The van der Waals surface area contributed by atoms with Gasteiger partial charge in [0.05, 0.1) is 6.04 Å². The van der Waals surface area contributed by atoms with Crippen LogP contribution in [0.1, 0.15) is 24.8 Å². The van der Waals surface area contributed by atoms with Gasteiger partial charge in [-0.2, -0.15) is 0 Å². The fourth-order valence-electron chi connectivity index (χ4n) is 2.60. The summed E-state index contributed by atoms with van der Waals surface area (Å²) in [6.45, 7) is 0.695. The van der Waals surface area contributed by atoms with E-state index in [1.807, 2.05) is 18.2 Å². The number of para-hydroxylation sites is 1. The van der Waals surface area contributed by atoms with E-state index < -0.39 is 12.0 Å². The van der Waals surface area contributed by atoms with Crippen LogP contribution in [0, 0.1) is 0 Å². The predicted molar refractivity (Wildman–Crippen MR) is 79.5 cm³/mol. The van der Waals surface area contributed by atoms with Crippen molar-refractivity contribution >= 4 is 17.9 Å². The Hall–Kier alpha value is -1.92. The van der Waals surface area contributed by atoms with Crippen LogP contribution < -0.4 is 11.2 Å². The van der Waals surface area contributed by atoms with Crippen LogP contribution in [0.4, 0.5) is 5.69 Å². The third-order valence-corrected chi connectivity index (χ3v) is 3.83. The molecule has 4 N–H and O–H groups in total. The van der Waals surface area contributed by atoms with Crippen molar-refractivity contribution in [2.24, 2.45) is 0 Å². The largest absolute Gasteiger partial charge is 0.480 e. The summed E-state index contributed by atoms with van der Waals surface area (Å²) in [6, 6.07) is 6.50. The number of aldehydes is 1. The molecule has 6 nitrogen and oxygen atoms in total. The number of aryl methyl sites for hydroxylation is 1. The fraction of sp³-hybridized carbons (Fsp3) is 0.467. The van der Waals surface area contributed by atoms with Gasteiger partial charge >= 0.3 is 5.97 Å². The van der Waals surface area contributed by atoms with Crippen LogP contribution in [-0.4, -0.2) is 41.0 Å². The lowest BCUT2D eigenvalue weighted by Gasteiger charge is -2.25. The third kappa shape index (κ3) is 4.03. The Morgan fingerprint density at radius 1 is 1.52 bits per heavy atom. The SMILES string of the molecule is Nc1ccccc1CC[C@@H](NN1CCC[C@H]1C=O)C(=O)O. The van der Waals surface area contributed by atoms with Crippen LogP contribution in [0.2, 0.25) is 0 Å². The molecule has 1 heterocycles. The van der Waals surface area contributed by atoms with Gasteiger partial charge in [-0.3, -0.25) is 4.79 Å². The molecule has 0 unspecified atom stereocenters. The molecule has 2 atom stereocenters. The number of carbonyl (C=O) groups excluding carboxylic acids is 1. The number of hydrogen-bond donors (Lipinski definition) is 3. The summed E-state index contributed by atoms with van der Waals surface area (Å²) < 4.78 is 0. The summed E-state index contributed by atoms with van der Waals surface area (Å²) in [7, 11) is 0. The predicted octanol–water partition coefficient (Wildman–Crippen LogP) is 0.822. The second-order valence-electron chi connectivity index (χ2n) is 5.30. The van der Waals surface area contributed by atoms with E-state index in [4.69, 9.17) is 5.73 Å². The Kier molecular flexibility index (Phi) is 5.30. The van der Waals surface area contributed by atoms with E-state index >= 15 is 0 Å². The van der Waals surface area contributed by atoms with Gasteiger partial charge in [0.1, 0.15) is 12.3 Å². The Labute approximate surface area is 123 Å². The minimum Gasteiger partial charge on any atom is -0.480 e. The van der Waals surface area contributed by atoms with Gasteiger partial charge in [-0.15, -0.1) is 0 Å². The highest BCUT2D eigenvalue weighted by atomic mass is 16.4. The first-order valence-electron chi connectivity index (χ1n) is 7.16. The molecule has 1 aromatic rings. The average molecular weight is 291 g/mol. The molecule has 0 aromatic heterocycles. The van der Waals surface area contributed by atoms with Crippen molar-refractivity contribution in [2.75, 3.05) is 12.3 Å². The number of nitrogens with two attached hydrogens (primary N) is 1. The van der Waals surface area contributed by atoms with Crippen LogP contribution in [0.3, 0.4) is 0 Å². The molecule has 21 heavy (non-hydrogen) atoms. The Balaban J connectivity index is 1.95. The van der Waals surface area contributed by atoms with Crippen LogP contribution in [0.5, 0.6) is 0 Å². The van der Waals surface area contributed by atoms with Gasteiger partial charge in [0, 0.05) is 12.2 Å². The number of nitrogen functional groups attached to an aromatic ring is 1. The Bertz CT molecular complexity index is 507. The number of nitrogens with one attached hydrogen (secondary N) is 1.